The third kappa shape index (κ3) is 4.03. The van der Waals surface area contributed by atoms with E-state index in [2.05, 4.69) is 0 Å². The van der Waals surface area contributed by atoms with Gasteiger partial charge in [0.25, 0.3) is 11.4 Å². The minimum atomic E-state index is -4.99. The highest BCUT2D eigenvalue weighted by molar-refractivity contribution is 6.31. The summed E-state index contributed by atoms with van der Waals surface area (Å²) in [5, 5.41) is 34.2. The van der Waals surface area contributed by atoms with Crippen molar-refractivity contribution in [3.63, 3.8) is 0 Å². The van der Waals surface area contributed by atoms with Gasteiger partial charge in [-0.05, 0) is 18.9 Å². The molecule has 0 unspecified atom stereocenters. The molecule has 2 aromatic rings. The van der Waals surface area contributed by atoms with Gasteiger partial charge >= 0.3 is 6.18 Å². The summed E-state index contributed by atoms with van der Waals surface area (Å²) in [6.45, 7) is -0.121. The van der Waals surface area contributed by atoms with Crippen molar-refractivity contribution in [2.75, 3.05) is 18.0 Å². The van der Waals surface area contributed by atoms with Crippen molar-refractivity contribution in [2.24, 2.45) is 0 Å². The minimum absolute atomic E-state index is 0.0199. The van der Waals surface area contributed by atoms with E-state index in [1.54, 1.807) is 24.3 Å². The Kier molecular flexibility index (Phi) is 5.61. The summed E-state index contributed by atoms with van der Waals surface area (Å²) >= 11 is 6.14. The summed E-state index contributed by atoms with van der Waals surface area (Å²) in [6.07, 6.45) is -4.95. The lowest BCUT2D eigenvalue weighted by Gasteiger charge is -2.39. The van der Waals surface area contributed by atoms with E-state index in [1.807, 2.05) is 0 Å². The van der Waals surface area contributed by atoms with Gasteiger partial charge in [0, 0.05) is 35.8 Å². The van der Waals surface area contributed by atoms with Crippen LogP contribution in [0.5, 0.6) is 0 Å². The molecule has 0 bridgehead atoms. The summed E-state index contributed by atoms with van der Waals surface area (Å²) in [5.74, 6) is 0. The van der Waals surface area contributed by atoms with Gasteiger partial charge in [-0.2, -0.15) is 13.2 Å². The van der Waals surface area contributed by atoms with Gasteiger partial charge in [-0.1, -0.05) is 29.8 Å². The molecule has 0 radical (unpaired) electrons. The molecule has 1 aliphatic rings. The van der Waals surface area contributed by atoms with Crippen molar-refractivity contribution < 1.29 is 28.1 Å². The van der Waals surface area contributed by atoms with Crippen LogP contribution in [0.15, 0.2) is 36.4 Å². The SMILES string of the molecule is O=[N+]([O-])c1cc(C(F)(F)F)cc([N+](=O)[O-])c1N1CCC(O)(c2ccccc2Cl)CC1. The lowest BCUT2D eigenvalue weighted by Crippen LogP contribution is -2.43. The van der Waals surface area contributed by atoms with E-state index in [4.69, 9.17) is 11.6 Å². The van der Waals surface area contributed by atoms with E-state index >= 15 is 0 Å². The van der Waals surface area contributed by atoms with Crippen LogP contribution in [-0.2, 0) is 11.8 Å². The molecule has 12 heteroatoms. The fourth-order valence-corrected chi connectivity index (χ4v) is 3.89. The normalized spacial score (nSPS) is 16.4. The molecule has 8 nitrogen and oxygen atoms in total. The molecule has 0 aliphatic carbocycles. The van der Waals surface area contributed by atoms with Gasteiger partial charge in [-0.15, -0.1) is 0 Å². The largest absolute Gasteiger partial charge is 0.416 e. The third-order valence-electron chi connectivity index (χ3n) is 5.07. The number of nitrogens with zero attached hydrogens (tertiary/aromatic N) is 3. The molecule has 0 saturated carbocycles. The second-order valence-corrected chi connectivity index (χ2v) is 7.28. The predicted molar refractivity (Wildman–Crippen MR) is 102 cm³/mol. The van der Waals surface area contributed by atoms with Crippen molar-refractivity contribution in [2.45, 2.75) is 24.6 Å². The van der Waals surface area contributed by atoms with Gasteiger partial charge < -0.3 is 10.0 Å². The predicted octanol–water partition coefficient (Wildman–Crippen LogP) is 4.66. The first-order chi connectivity index (χ1) is 13.9. The first-order valence-electron chi connectivity index (χ1n) is 8.70. The number of rotatable bonds is 4. The lowest BCUT2D eigenvalue weighted by molar-refractivity contribution is -0.393. The summed E-state index contributed by atoms with van der Waals surface area (Å²) in [6, 6.07) is 7.15. The number of aliphatic hydroxyl groups is 1. The zero-order valence-corrected chi connectivity index (χ0v) is 16.0. The van der Waals surface area contributed by atoms with Crippen LogP contribution in [-0.4, -0.2) is 28.0 Å². The molecule has 1 fully saturated rings. The number of anilines is 1. The average molecular weight is 446 g/mol. The summed E-state index contributed by atoms with van der Waals surface area (Å²) < 4.78 is 39.2. The van der Waals surface area contributed by atoms with E-state index in [9.17, 15) is 38.5 Å². The van der Waals surface area contributed by atoms with Gasteiger partial charge in [0.1, 0.15) is 0 Å². The zero-order chi connectivity index (χ0) is 22.3. The molecule has 30 heavy (non-hydrogen) atoms. The van der Waals surface area contributed by atoms with Crippen LogP contribution < -0.4 is 4.90 Å². The standard InChI is InChI=1S/C18H15ClF3N3O5/c19-13-4-2-1-3-12(13)17(26)5-7-23(8-6-17)16-14(24(27)28)9-11(18(20,21)22)10-15(16)25(29)30/h1-4,9-10,26H,5-8H2. The summed E-state index contributed by atoms with van der Waals surface area (Å²) in [4.78, 5) is 22.0. The average Bonchev–Trinajstić information content (AvgIpc) is 2.67. The Balaban J connectivity index is 2.02. The maximum Gasteiger partial charge on any atom is 0.416 e. The van der Waals surface area contributed by atoms with E-state index in [0.29, 0.717) is 10.6 Å². The van der Waals surface area contributed by atoms with Crippen LogP contribution in [0.1, 0.15) is 24.0 Å². The fraction of sp³-hybridized carbons (Fsp3) is 0.333. The number of hydrogen-bond donors (Lipinski definition) is 1. The summed E-state index contributed by atoms with van der Waals surface area (Å²) in [5.41, 5.74) is -4.94. The van der Waals surface area contributed by atoms with Crippen LogP contribution in [0.3, 0.4) is 0 Å². The Morgan fingerprint density at radius 1 is 1.03 bits per heavy atom. The second kappa shape index (κ2) is 7.73. The van der Waals surface area contributed by atoms with Crippen molar-refractivity contribution in [3.8, 4) is 0 Å². The Labute approximate surface area is 172 Å². The Morgan fingerprint density at radius 3 is 1.97 bits per heavy atom. The molecule has 0 atom stereocenters. The highest BCUT2D eigenvalue weighted by Crippen LogP contribution is 2.46. The van der Waals surface area contributed by atoms with Crippen molar-refractivity contribution in [1.82, 2.24) is 0 Å². The number of benzene rings is 2. The maximum absolute atomic E-state index is 13.1. The molecule has 0 amide bonds. The number of piperidine rings is 1. The van der Waals surface area contributed by atoms with Crippen LogP contribution in [0.2, 0.25) is 5.02 Å². The topological polar surface area (TPSA) is 110 Å². The fourth-order valence-electron chi connectivity index (χ4n) is 3.58. The number of alkyl halides is 3. The number of halogens is 4. The number of hydrogen-bond acceptors (Lipinski definition) is 6. The van der Waals surface area contributed by atoms with Crippen LogP contribution >= 0.6 is 11.6 Å². The van der Waals surface area contributed by atoms with Crippen LogP contribution in [0.25, 0.3) is 0 Å². The van der Waals surface area contributed by atoms with Gasteiger partial charge in [-0.3, -0.25) is 20.2 Å². The van der Waals surface area contributed by atoms with Crippen molar-refractivity contribution in [3.05, 3.63) is 72.8 Å². The van der Waals surface area contributed by atoms with E-state index in [0.717, 1.165) is 0 Å². The van der Waals surface area contributed by atoms with Crippen LogP contribution in [0.4, 0.5) is 30.2 Å². The molecule has 0 aromatic heterocycles. The molecule has 3 rings (SSSR count). The van der Waals surface area contributed by atoms with E-state index < -0.39 is 44.2 Å². The van der Waals surface area contributed by atoms with Gasteiger partial charge in [0.05, 0.1) is 21.0 Å². The highest BCUT2D eigenvalue weighted by atomic mass is 35.5. The molecular formula is C18H15ClF3N3O5. The van der Waals surface area contributed by atoms with Crippen molar-refractivity contribution >= 4 is 28.7 Å². The van der Waals surface area contributed by atoms with Gasteiger partial charge in [0.2, 0.25) is 0 Å². The molecule has 1 aliphatic heterocycles. The highest BCUT2D eigenvalue weighted by Gasteiger charge is 2.42. The quantitative estimate of drug-likeness (QED) is 0.541. The van der Waals surface area contributed by atoms with E-state index in [1.165, 1.54) is 4.90 Å². The number of nitro benzene ring substituents is 2. The Hall–Kier alpha value is -2.92. The first-order valence-corrected chi connectivity index (χ1v) is 9.08. The monoisotopic (exact) mass is 445 g/mol. The molecule has 1 heterocycles. The second-order valence-electron chi connectivity index (χ2n) is 6.87. The zero-order valence-electron chi connectivity index (χ0n) is 15.2. The van der Waals surface area contributed by atoms with Gasteiger partial charge in [0.15, 0.2) is 5.69 Å². The minimum Gasteiger partial charge on any atom is -0.385 e. The smallest absolute Gasteiger partial charge is 0.385 e. The van der Waals surface area contributed by atoms with Gasteiger partial charge in [-0.25, -0.2) is 0 Å². The molecule has 1 saturated heterocycles. The maximum atomic E-state index is 13.1. The Morgan fingerprint density at radius 2 is 1.53 bits per heavy atom. The third-order valence-corrected chi connectivity index (χ3v) is 5.40. The molecule has 160 valence electrons. The Bertz CT molecular complexity index is 972. The molecule has 1 N–H and O–H groups in total. The molecule has 2 aromatic carbocycles. The molecule has 0 spiro atoms. The first kappa shape index (κ1) is 21.8. The lowest BCUT2D eigenvalue weighted by atomic mass is 9.84. The molecular weight excluding hydrogens is 431 g/mol. The number of nitro groups is 2. The van der Waals surface area contributed by atoms with Crippen LogP contribution in [0, 0.1) is 20.2 Å². The summed E-state index contributed by atoms with van der Waals surface area (Å²) in [7, 11) is 0. The van der Waals surface area contributed by atoms with Crippen molar-refractivity contribution in [1.29, 1.82) is 0 Å². The van der Waals surface area contributed by atoms with E-state index in [-0.39, 0.29) is 38.1 Å².